The molecule has 6 nitrogen and oxygen atoms in total. The fourth-order valence-corrected chi connectivity index (χ4v) is 4.89. The first-order valence-electron chi connectivity index (χ1n) is 10.6. The number of alkyl carbamates (subject to hydrolysis) is 1. The van der Waals surface area contributed by atoms with Crippen molar-refractivity contribution in [2.75, 3.05) is 6.54 Å². The van der Waals surface area contributed by atoms with Gasteiger partial charge in [-0.1, -0.05) is 0 Å². The van der Waals surface area contributed by atoms with Crippen molar-refractivity contribution < 1.29 is 24.2 Å². The third kappa shape index (κ3) is 13.4. The molecule has 0 saturated heterocycles. The van der Waals surface area contributed by atoms with Crippen LogP contribution in [0.25, 0.3) is 0 Å². The van der Waals surface area contributed by atoms with E-state index in [-0.39, 0.29) is 19.6 Å². The first kappa shape index (κ1) is 26.2. The number of hydrogen-bond donors (Lipinski definition) is 2. The fourth-order valence-electron chi connectivity index (χ4n) is 2.82. The maximum absolute atomic E-state index is 12.1. The van der Waals surface area contributed by atoms with Crippen LogP contribution >= 0.6 is 0 Å². The van der Waals surface area contributed by atoms with Crippen LogP contribution in [-0.2, 0) is 20.7 Å². The summed E-state index contributed by atoms with van der Waals surface area (Å²) in [5.41, 5.74) is 0.710. The van der Waals surface area contributed by atoms with Gasteiger partial charge in [0.1, 0.15) is 0 Å². The fraction of sp³-hybridized carbons (Fsp3) is 0.609. The van der Waals surface area contributed by atoms with E-state index in [1.807, 2.05) is 39.0 Å². The number of carboxylic acid groups (broad SMARTS) is 1. The summed E-state index contributed by atoms with van der Waals surface area (Å²) < 4.78 is 5.36. The zero-order chi connectivity index (χ0) is 22.4. The Morgan fingerprint density at radius 3 is 2.40 bits per heavy atom. The Bertz CT molecular complexity index is 657. The number of ether oxygens (including phenoxy) is 1. The molecule has 1 aromatic carbocycles. The van der Waals surface area contributed by atoms with Gasteiger partial charge < -0.3 is 0 Å². The Labute approximate surface area is 186 Å². The summed E-state index contributed by atoms with van der Waals surface area (Å²) >= 11 is -0.280. The molecule has 0 bridgehead atoms. The number of carboxylic acids is 1. The average molecular weight is 484 g/mol. The van der Waals surface area contributed by atoms with Crippen LogP contribution in [0, 0.1) is 5.92 Å². The standard InChI is InChI=1S/C23H35NO5Se/c1-23(2,3)29-22(28)24-16-9-5-8-14-19(21(26)27)17-30-20(25)15-10-13-18-11-6-4-7-12-18/h4,6-7,11-12,19H,5,8-10,13-17H2,1-3H3,(H,24,28)(H,26,27). The molecule has 168 valence electrons. The molecular formula is C23H35NO5Se. The Morgan fingerprint density at radius 2 is 1.77 bits per heavy atom. The van der Waals surface area contributed by atoms with Gasteiger partial charge in [0.25, 0.3) is 0 Å². The van der Waals surface area contributed by atoms with E-state index >= 15 is 0 Å². The second kappa shape index (κ2) is 14.2. The van der Waals surface area contributed by atoms with Crippen LogP contribution < -0.4 is 5.32 Å². The van der Waals surface area contributed by atoms with Crippen LogP contribution in [0.1, 0.15) is 64.9 Å². The molecule has 1 rings (SSSR count). The molecule has 0 spiro atoms. The predicted octanol–water partition coefficient (Wildman–Crippen LogP) is 4.44. The summed E-state index contributed by atoms with van der Waals surface area (Å²) in [6.45, 7) is 5.95. The number of unbranched alkanes of at least 4 members (excludes halogenated alkanes) is 2. The molecule has 0 radical (unpaired) electrons. The molecule has 1 amide bonds. The van der Waals surface area contributed by atoms with E-state index in [1.54, 1.807) is 0 Å². The van der Waals surface area contributed by atoms with Crippen molar-refractivity contribution in [3.63, 3.8) is 0 Å². The van der Waals surface area contributed by atoms with Crippen molar-refractivity contribution in [1.82, 2.24) is 5.32 Å². The van der Waals surface area contributed by atoms with Crippen molar-refractivity contribution in [2.24, 2.45) is 5.92 Å². The number of hydrogen-bond acceptors (Lipinski definition) is 4. The van der Waals surface area contributed by atoms with Gasteiger partial charge in [0.2, 0.25) is 0 Å². The van der Waals surface area contributed by atoms with Gasteiger partial charge in [0.05, 0.1) is 0 Å². The summed E-state index contributed by atoms with van der Waals surface area (Å²) in [5.74, 6) is -1.28. The van der Waals surface area contributed by atoms with Crippen LogP contribution in [0.15, 0.2) is 30.3 Å². The van der Waals surface area contributed by atoms with Crippen LogP contribution in [0.4, 0.5) is 4.79 Å². The minimum absolute atomic E-state index is 0.200. The van der Waals surface area contributed by atoms with E-state index in [9.17, 15) is 19.5 Å². The van der Waals surface area contributed by atoms with E-state index in [1.165, 1.54) is 5.56 Å². The first-order chi connectivity index (χ1) is 14.2. The number of carbonyl (C=O) groups is 3. The molecule has 0 aliphatic rings. The molecule has 2 N–H and O–H groups in total. The summed E-state index contributed by atoms with van der Waals surface area (Å²) in [4.78, 5) is 35.2. The number of carbonyl (C=O) groups excluding carboxylic acids is 2. The molecule has 1 unspecified atom stereocenters. The van der Waals surface area contributed by atoms with Crippen molar-refractivity contribution in [2.45, 2.75) is 76.6 Å². The SMILES string of the molecule is CC(C)(C)OC(=O)NCCCCCC(C[Se]C(=O)CCCc1ccccc1)C(=O)O. The Balaban J connectivity index is 2.14. The molecule has 0 aromatic heterocycles. The molecule has 7 heteroatoms. The Morgan fingerprint density at radius 1 is 1.07 bits per heavy atom. The summed E-state index contributed by atoms with van der Waals surface area (Å²) in [6, 6.07) is 10.1. The molecule has 0 aliphatic carbocycles. The normalized spacial score (nSPS) is 12.2. The molecule has 30 heavy (non-hydrogen) atoms. The molecule has 1 atom stereocenters. The number of nitrogens with one attached hydrogen (secondary N) is 1. The van der Waals surface area contributed by atoms with Crippen molar-refractivity contribution >= 4 is 31.7 Å². The van der Waals surface area contributed by atoms with E-state index < -0.39 is 23.6 Å². The van der Waals surface area contributed by atoms with Gasteiger partial charge in [-0.25, -0.2) is 0 Å². The first-order valence-corrected chi connectivity index (χ1v) is 12.6. The Kier molecular flexibility index (Phi) is 12.4. The van der Waals surface area contributed by atoms with Gasteiger partial charge in [0.15, 0.2) is 0 Å². The van der Waals surface area contributed by atoms with Crippen LogP contribution in [0.3, 0.4) is 0 Å². The topological polar surface area (TPSA) is 92.7 Å². The van der Waals surface area contributed by atoms with E-state index in [0.717, 1.165) is 32.1 Å². The third-order valence-corrected chi connectivity index (χ3v) is 6.68. The predicted molar refractivity (Wildman–Crippen MR) is 119 cm³/mol. The van der Waals surface area contributed by atoms with E-state index in [2.05, 4.69) is 17.4 Å². The second-order valence-corrected chi connectivity index (χ2v) is 10.6. The minimum atomic E-state index is -0.819. The molecule has 1 aromatic rings. The monoisotopic (exact) mass is 485 g/mol. The van der Waals surface area contributed by atoms with Gasteiger partial charge in [-0.2, -0.15) is 0 Å². The molecular weight excluding hydrogens is 449 g/mol. The van der Waals surface area contributed by atoms with Crippen LogP contribution in [0.2, 0.25) is 5.32 Å². The zero-order valence-electron chi connectivity index (χ0n) is 18.3. The molecule has 0 aliphatic heterocycles. The van der Waals surface area contributed by atoms with Gasteiger partial charge in [-0.15, -0.1) is 0 Å². The average Bonchev–Trinajstić information content (AvgIpc) is 2.66. The molecule has 0 fully saturated rings. The van der Waals surface area contributed by atoms with Gasteiger partial charge >= 0.3 is 186 Å². The van der Waals surface area contributed by atoms with Crippen molar-refractivity contribution in [3.8, 4) is 0 Å². The van der Waals surface area contributed by atoms with E-state index in [0.29, 0.717) is 24.7 Å². The number of amides is 1. The third-order valence-electron chi connectivity index (χ3n) is 4.38. The summed E-state index contributed by atoms with van der Waals surface area (Å²) in [7, 11) is 0. The van der Waals surface area contributed by atoms with Gasteiger partial charge in [-0.05, 0) is 0 Å². The number of rotatable bonds is 14. The van der Waals surface area contributed by atoms with Crippen LogP contribution in [0.5, 0.6) is 0 Å². The number of aryl methyl sites for hydroxylation is 1. The van der Waals surface area contributed by atoms with Crippen molar-refractivity contribution in [1.29, 1.82) is 0 Å². The van der Waals surface area contributed by atoms with Crippen molar-refractivity contribution in [3.05, 3.63) is 35.9 Å². The zero-order valence-corrected chi connectivity index (χ0v) is 20.0. The van der Waals surface area contributed by atoms with E-state index in [4.69, 9.17) is 4.74 Å². The van der Waals surface area contributed by atoms with Gasteiger partial charge in [-0.3, -0.25) is 0 Å². The van der Waals surface area contributed by atoms with Gasteiger partial charge in [0, 0.05) is 0 Å². The molecule has 0 heterocycles. The quantitative estimate of drug-likeness (QED) is 0.301. The maximum atomic E-state index is 12.1. The summed E-state index contributed by atoms with van der Waals surface area (Å²) in [5, 5.41) is 12.6. The summed E-state index contributed by atoms with van der Waals surface area (Å²) in [6.07, 6.45) is 4.73. The second-order valence-electron chi connectivity index (χ2n) is 8.34. The van der Waals surface area contributed by atoms with Crippen LogP contribution in [-0.4, -0.2) is 49.0 Å². The molecule has 0 saturated carbocycles. The number of aliphatic carboxylic acids is 1. The Hall–Kier alpha value is -1.85. The number of benzene rings is 1.